The van der Waals surface area contributed by atoms with Gasteiger partial charge in [0.1, 0.15) is 0 Å². The highest BCUT2D eigenvalue weighted by Crippen LogP contribution is 2.33. The summed E-state index contributed by atoms with van der Waals surface area (Å²) < 4.78 is 29.4. The first-order chi connectivity index (χ1) is 15.9. The van der Waals surface area contributed by atoms with Gasteiger partial charge in [0, 0.05) is 29.2 Å². The lowest BCUT2D eigenvalue weighted by Gasteiger charge is -2.27. The summed E-state index contributed by atoms with van der Waals surface area (Å²) >= 11 is 0. The summed E-state index contributed by atoms with van der Waals surface area (Å²) in [4.78, 5) is 3.74. The topological polar surface area (TPSA) is 53.2 Å². The van der Waals surface area contributed by atoms with E-state index in [0.29, 0.717) is 11.4 Å². The highest BCUT2D eigenvalue weighted by molar-refractivity contribution is 7.89. The standard InChI is InChI=1S/C28H38N2O2S/c1-5-7-9-10-11-15-27(26-21-29-28-23(4)13-12-14-25(26)28)30(20-8-6-2)33(31,32)24-18-16-22(3)17-19-24/h12-19,21,29H,5-11,20H2,1-4H3/b27-15-. The van der Waals surface area contributed by atoms with Gasteiger partial charge in [-0.25, -0.2) is 8.42 Å². The van der Waals surface area contributed by atoms with Crippen molar-refractivity contribution in [1.29, 1.82) is 0 Å². The second kappa shape index (κ2) is 11.6. The van der Waals surface area contributed by atoms with Crippen LogP contribution < -0.4 is 0 Å². The van der Waals surface area contributed by atoms with Gasteiger partial charge in [-0.3, -0.25) is 4.31 Å². The molecule has 0 aliphatic carbocycles. The molecule has 3 rings (SSSR count). The van der Waals surface area contributed by atoms with Crippen LogP contribution >= 0.6 is 0 Å². The number of H-pyrrole nitrogens is 1. The van der Waals surface area contributed by atoms with Gasteiger partial charge < -0.3 is 4.98 Å². The number of hydrogen-bond donors (Lipinski definition) is 1. The maximum absolute atomic E-state index is 13.9. The van der Waals surface area contributed by atoms with Crippen molar-refractivity contribution in [3.63, 3.8) is 0 Å². The van der Waals surface area contributed by atoms with E-state index in [1.807, 2.05) is 31.3 Å². The first-order valence-electron chi connectivity index (χ1n) is 12.3. The summed E-state index contributed by atoms with van der Waals surface area (Å²) in [6.45, 7) is 8.82. The third-order valence-electron chi connectivity index (χ3n) is 6.19. The number of rotatable bonds is 12. The predicted octanol–water partition coefficient (Wildman–Crippen LogP) is 7.59. The number of nitrogens with one attached hydrogen (secondary N) is 1. The van der Waals surface area contributed by atoms with Gasteiger partial charge in [0.05, 0.1) is 10.6 Å². The fraction of sp³-hybridized carbons (Fsp3) is 0.429. The molecular formula is C28H38N2O2S. The molecule has 4 nitrogen and oxygen atoms in total. The van der Waals surface area contributed by atoms with Crippen LogP contribution in [-0.2, 0) is 10.0 Å². The zero-order chi connectivity index (χ0) is 23.8. The van der Waals surface area contributed by atoms with Crippen molar-refractivity contribution in [2.45, 2.75) is 77.5 Å². The summed E-state index contributed by atoms with van der Waals surface area (Å²) in [5.74, 6) is 0. The van der Waals surface area contributed by atoms with E-state index < -0.39 is 10.0 Å². The highest BCUT2D eigenvalue weighted by Gasteiger charge is 2.28. The zero-order valence-electron chi connectivity index (χ0n) is 20.5. The molecular weight excluding hydrogens is 428 g/mol. The number of nitrogens with zero attached hydrogens (tertiary/aromatic N) is 1. The monoisotopic (exact) mass is 466 g/mol. The number of sulfonamides is 1. The van der Waals surface area contributed by atoms with Gasteiger partial charge >= 0.3 is 0 Å². The van der Waals surface area contributed by atoms with E-state index in [4.69, 9.17) is 0 Å². The number of aryl methyl sites for hydroxylation is 2. The number of benzene rings is 2. The molecule has 33 heavy (non-hydrogen) atoms. The van der Waals surface area contributed by atoms with Crippen molar-refractivity contribution in [1.82, 2.24) is 9.29 Å². The van der Waals surface area contributed by atoms with E-state index in [9.17, 15) is 8.42 Å². The minimum Gasteiger partial charge on any atom is -0.360 e. The van der Waals surface area contributed by atoms with Crippen LogP contribution in [0.5, 0.6) is 0 Å². The minimum atomic E-state index is -3.69. The van der Waals surface area contributed by atoms with Crippen LogP contribution in [0.3, 0.4) is 0 Å². The lowest BCUT2D eigenvalue weighted by molar-refractivity contribution is 0.497. The van der Waals surface area contributed by atoms with E-state index >= 15 is 0 Å². The second-order valence-corrected chi connectivity index (χ2v) is 10.7. The molecule has 3 aromatic rings. The van der Waals surface area contributed by atoms with Gasteiger partial charge in [-0.2, -0.15) is 0 Å². The van der Waals surface area contributed by atoms with Gasteiger partial charge in [0.2, 0.25) is 0 Å². The molecule has 1 heterocycles. The molecule has 0 fully saturated rings. The Hall–Kier alpha value is -2.53. The SMILES string of the molecule is CCCCCC/C=C(/c1c[nH]c2c(C)cccc12)N(CCCC)S(=O)(=O)c1ccc(C)cc1. The highest BCUT2D eigenvalue weighted by atomic mass is 32.2. The van der Waals surface area contributed by atoms with Crippen LogP contribution in [0.25, 0.3) is 16.6 Å². The lowest BCUT2D eigenvalue weighted by atomic mass is 10.1. The molecule has 0 spiro atoms. The molecule has 0 saturated heterocycles. The van der Waals surface area contributed by atoms with Gasteiger partial charge in [0.25, 0.3) is 10.0 Å². The molecule has 0 amide bonds. The van der Waals surface area contributed by atoms with Crippen molar-refractivity contribution in [2.75, 3.05) is 6.54 Å². The average molecular weight is 467 g/mol. The molecule has 1 N–H and O–H groups in total. The third-order valence-corrected chi connectivity index (χ3v) is 8.01. The molecule has 0 unspecified atom stereocenters. The summed E-state index contributed by atoms with van der Waals surface area (Å²) in [6, 6.07) is 13.4. The summed E-state index contributed by atoms with van der Waals surface area (Å²) in [5.41, 5.74) is 5.01. The van der Waals surface area contributed by atoms with Crippen molar-refractivity contribution in [2.24, 2.45) is 0 Å². The molecule has 0 atom stereocenters. The van der Waals surface area contributed by atoms with Gasteiger partial charge in [-0.1, -0.05) is 81.5 Å². The van der Waals surface area contributed by atoms with Crippen molar-refractivity contribution >= 4 is 26.6 Å². The van der Waals surface area contributed by atoms with E-state index in [-0.39, 0.29) is 0 Å². The van der Waals surface area contributed by atoms with Crippen LogP contribution in [0.4, 0.5) is 0 Å². The molecule has 1 aromatic heterocycles. The largest absolute Gasteiger partial charge is 0.360 e. The number of unbranched alkanes of at least 4 members (excludes halogenated alkanes) is 5. The Morgan fingerprint density at radius 1 is 0.939 bits per heavy atom. The van der Waals surface area contributed by atoms with Gasteiger partial charge in [0.15, 0.2) is 0 Å². The van der Waals surface area contributed by atoms with Crippen LogP contribution in [-0.4, -0.2) is 24.3 Å². The van der Waals surface area contributed by atoms with Crippen molar-refractivity contribution in [3.05, 3.63) is 71.4 Å². The average Bonchev–Trinajstić information content (AvgIpc) is 3.23. The lowest BCUT2D eigenvalue weighted by Crippen LogP contribution is -2.31. The maximum atomic E-state index is 13.9. The quantitative estimate of drug-likeness (QED) is 0.280. The second-order valence-electron chi connectivity index (χ2n) is 8.88. The number of fused-ring (bicyclic) bond motifs is 1. The van der Waals surface area contributed by atoms with Crippen LogP contribution in [0, 0.1) is 13.8 Å². The van der Waals surface area contributed by atoms with Crippen LogP contribution in [0.1, 0.15) is 75.5 Å². The zero-order valence-corrected chi connectivity index (χ0v) is 21.3. The fourth-order valence-corrected chi connectivity index (χ4v) is 5.72. The molecule has 5 heteroatoms. The Kier molecular flexibility index (Phi) is 8.79. The Morgan fingerprint density at radius 3 is 2.36 bits per heavy atom. The molecule has 0 radical (unpaired) electrons. The number of para-hydroxylation sites is 1. The van der Waals surface area contributed by atoms with Crippen LogP contribution in [0.15, 0.2) is 59.6 Å². The predicted molar refractivity (Wildman–Crippen MR) is 140 cm³/mol. The molecule has 2 aromatic carbocycles. The fourth-order valence-electron chi connectivity index (χ4n) is 4.18. The number of aromatic nitrogens is 1. The Labute approximate surface area is 199 Å². The molecule has 0 bridgehead atoms. The Bertz CT molecular complexity index is 1170. The molecule has 178 valence electrons. The normalized spacial score (nSPS) is 12.4. The summed E-state index contributed by atoms with van der Waals surface area (Å²) in [7, 11) is -3.69. The third kappa shape index (κ3) is 5.89. The number of aromatic amines is 1. The Balaban J connectivity index is 2.12. The van der Waals surface area contributed by atoms with E-state index in [0.717, 1.165) is 65.4 Å². The first kappa shape index (κ1) is 25.1. The molecule has 0 aliphatic heterocycles. The molecule has 0 aliphatic rings. The summed E-state index contributed by atoms with van der Waals surface area (Å²) in [5, 5.41) is 1.07. The van der Waals surface area contributed by atoms with E-state index in [1.165, 1.54) is 12.8 Å². The number of allylic oxidation sites excluding steroid dienone is 1. The molecule has 0 saturated carbocycles. The van der Waals surface area contributed by atoms with E-state index in [1.54, 1.807) is 16.4 Å². The first-order valence-corrected chi connectivity index (χ1v) is 13.7. The van der Waals surface area contributed by atoms with E-state index in [2.05, 4.69) is 44.0 Å². The minimum absolute atomic E-state index is 0.345. The van der Waals surface area contributed by atoms with Crippen LogP contribution in [0.2, 0.25) is 0 Å². The van der Waals surface area contributed by atoms with Gasteiger partial charge in [-0.05, 0) is 50.8 Å². The smallest absolute Gasteiger partial charge is 0.264 e. The van der Waals surface area contributed by atoms with Crippen molar-refractivity contribution in [3.8, 4) is 0 Å². The summed E-state index contributed by atoms with van der Waals surface area (Å²) in [6.07, 6.45) is 11.3. The van der Waals surface area contributed by atoms with Crippen molar-refractivity contribution < 1.29 is 8.42 Å². The number of hydrogen-bond acceptors (Lipinski definition) is 2. The van der Waals surface area contributed by atoms with Gasteiger partial charge in [-0.15, -0.1) is 0 Å². The maximum Gasteiger partial charge on any atom is 0.264 e. The Morgan fingerprint density at radius 2 is 1.67 bits per heavy atom.